The van der Waals surface area contributed by atoms with Gasteiger partial charge in [-0.25, -0.2) is 12.1 Å². The van der Waals surface area contributed by atoms with Gasteiger partial charge in [-0.1, -0.05) is 5.56 Å². The summed E-state index contributed by atoms with van der Waals surface area (Å²) in [6, 6.07) is 4.81. The molecule has 0 atom stereocenters. The SMILES string of the molecule is FC(F)(F)[c-]1cccc1.[Zr]. The molecule has 0 N–H and O–H groups in total. The van der Waals surface area contributed by atoms with Crippen molar-refractivity contribution in [2.75, 3.05) is 0 Å². The zero-order valence-corrected chi connectivity index (χ0v) is 7.40. The van der Waals surface area contributed by atoms with Gasteiger partial charge in [0.05, 0.1) is 0 Å². The van der Waals surface area contributed by atoms with Gasteiger partial charge in [-0.2, -0.15) is 25.3 Å². The van der Waals surface area contributed by atoms with Gasteiger partial charge in [0.15, 0.2) is 0 Å². The molecule has 54 valence electrons. The molecule has 0 aliphatic carbocycles. The Hall–Kier alpha value is 0.0231. The molecule has 0 saturated heterocycles. The minimum atomic E-state index is -4.18. The first kappa shape index (κ1) is 10.0. The van der Waals surface area contributed by atoms with Gasteiger partial charge in [0.2, 0.25) is 0 Å². The molecule has 1 aromatic rings. The van der Waals surface area contributed by atoms with Crippen LogP contribution < -0.4 is 0 Å². The molecule has 0 heterocycles. The Morgan fingerprint density at radius 3 is 1.60 bits per heavy atom. The monoisotopic (exact) mass is 223 g/mol. The summed E-state index contributed by atoms with van der Waals surface area (Å²) >= 11 is 0. The third-order valence-corrected chi connectivity index (χ3v) is 0.990. The van der Waals surface area contributed by atoms with Gasteiger partial charge in [-0.15, -0.1) is 0 Å². The minimum Gasteiger partial charge on any atom is -0.213 e. The summed E-state index contributed by atoms with van der Waals surface area (Å²) in [4.78, 5) is 0. The van der Waals surface area contributed by atoms with Crippen molar-refractivity contribution < 1.29 is 39.4 Å². The van der Waals surface area contributed by atoms with E-state index in [1.54, 1.807) is 0 Å². The molecule has 10 heavy (non-hydrogen) atoms. The molecule has 0 saturated carbocycles. The van der Waals surface area contributed by atoms with E-state index in [2.05, 4.69) is 0 Å². The molecule has 0 fully saturated rings. The van der Waals surface area contributed by atoms with Gasteiger partial charge in [0, 0.05) is 26.2 Å². The van der Waals surface area contributed by atoms with Crippen LogP contribution in [0.15, 0.2) is 24.3 Å². The third kappa shape index (κ3) is 2.33. The van der Waals surface area contributed by atoms with E-state index in [9.17, 15) is 13.2 Å². The van der Waals surface area contributed by atoms with Crippen molar-refractivity contribution >= 4 is 0 Å². The van der Waals surface area contributed by atoms with E-state index in [-0.39, 0.29) is 26.2 Å². The average Bonchev–Trinajstić information content (AvgIpc) is 2.08. The van der Waals surface area contributed by atoms with Crippen LogP contribution in [0.1, 0.15) is 5.56 Å². The van der Waals surface area contributed by atoms with Crippen LogP contribution in [0.2, 0.25) is 0 Å². The number of hydrogen-bond donors (Lipinski definition) is 0. The predicted molar refractivity (Wildman–Crippen MR) is 27.0 cm³/mol. The molecule has 4 heteroatoms. The van der Waals surface area contributed by atoms with Crippen LogP contribution in [0.4, 0.5) is 13.2 Å². The van der Waals surface area contributed by atoms with Crippen molar-refractivity contribution in [3.63, 3.8) is 0 Å². The van der Waals surface area contributed by atoms with Crippen LogP contribution in [-0.4, -0.2) is 0 Å². The maximum atomic E-state index is 11.6. The number of hydrogen-bond acceptors (Lipinski definition) is 0. The standard InChI is InChI=1S/C6H4F3.Zr/c7-6(8,9)5-3-1-2-4-5;/h1-4H;/q-1;. The second-order valence-electron chi connectivity index (χ2n) is 1.67. The molecule has 0 bridgehead atoms. The largest absolute Gasteiger partial charge is 0.370 e. The van der Waals surface area contributed by atoms with Gasteiger partial charge in [-0.3, -0.25) is 0 Å². The molecule has 0 unspecified atom stereocenters. The molecule has 1 rings (SSSR count). The van der Waals surface area contributed by atoms with Crippen molar-refractivity contribution in [1.29, 1.82) is 0 Å². The molecule has 0 amide bonds. The van der Waals surface area contributed by atoms with E-state index in [1.165, 1.54) is 12.1 Å². The van der Waals surface area contributed by atoms with Crippen molar-refractivity contribution in [3.8, 4) is 0 Å². The maximum absolute atomic E-state index is 11.6. The molecule has 0 aliphatic heterocycles. The van der Waals surface area contributed by atoms with Crippen LogP contribution in [-0.2, 0) is 32.4 Å². The number of alkyl halides is 3. The fraction of sp³-hybridized carbons (Fsp3) is 0.167. The molecule has 0 spiro atoms. The van der Waals surface area contributed by atoms with E-state index in [1.807, 2.05) is 0 Å². The van der Waals surface area contributed by atoms with Crippen LogP contribution in [0.25, 0.3) is 0 Å². The number of rotatable bonds is 0. The quantitative estimate of drug-likeness (QED) is 0.594. The summed E-state index contributed by atoms with van der Waals surface area (Å²) in [7, 11) is 0. The fourth-order valence-electron chi connectivity index (χ4n) is 0.563. The smallest absolute Gasteiger partial charge is 0.213 e. The summed E-state index contributed by atoms with van der Waals surface area (Å²) in [6.07, 6.45) is -4.18. The molecule has 0 nitrogen and oxygen atoms in total. The molecule has 1 aromatic carbocycles. The normalized spacial score (nSPS) is 10.7. The van der Waals surface area contributed by atoms with E-state index < -0.39 is 11.7 Å². The van der Waals surface area contributed by atoms with Crippen LogP contribution in [0, 0.1) is 0 Å². The summed E-state index contributed by atoms with van der Waals surface area (Å²) in [5.41, 5.74) is -0.581. The summed E-state index contributed by atoms with van der Waals surface area (Å²) in [5, 5.41) is 0. The van der Waals surface area contributed by atoms with Gasteiger partial charge in [-0.05, 0) is 0 Å². The summed E-state index contributed by atoms with van der Waals surface area (Å²) in [5.74, 6) is 0. The maximum Gasteiger partial charge on any atom is 0.370 e. The van der Waals surface area contributed by atoms with Crippen molar-refractivity contribution in [3.05, 3.63) is 29.8 Å². The Balaban J connectivity index is 0.000000810. The summed E-state index contributed by atoms with van der Waals surface area (Å²) in [6.45, 7) is 0. The van der Waals surface area contributed by atoms with Crippen LogP contribution >= 0.6 is 0 Å². The van der Waals surface area contributed by atoms with Gasteiger partial charge >= 0.3 is 6.18 Å². The summed E-state index contributed by atoms with van der Waals surface area (Å²) < 4.78 is 34.9. The minimum absolute atomic E-state index is 0. The first-order valence-corrected chi connectivity index (χ1v) is 2.39. The van der Waals surface area contributed by atoms with Crippen molar-refractivity contribution in [2.45, 2.75) is 6.18 Å². The second-order valence-corrected chi connectivity index (χ2v) is 1.67. The van der Waals surface area contributed by atoms with E-state index in [4.69, 9.17) is 0 Å². The first-order valence-electron chi connectivity index (χ1n) is 2.39. The molecule has 0 aliphatic rings. The number of halogens is 3. The third-order valence-electron chi connectivity index (χ3n) is 0.990. The Morgan fingerprint density at radius 1 is 1.00 bits per heavy atom. The van der Waals surface area contributed by atoms with Gasteiger partial charge in [0.1, 0.15) is 0 Å². The van der Waals surface area contributed by atoms with E-state index in [0.717, 1.165) is 12.1 Å². The molecular weight excluding hydrogens is 220 g/mol. The zero-order valence-electron chi connectivity index (χ0n) is 4.94. The average molecular weight is 224 g/mol. The molecule has 0 aromatic heterocycles. The van der Waals surface area contributed by atoms with Gasteiger partial charge in [0.25, 0.3) is 0 Å². The first-order chi connectivity index (χ1) is 4.11. The van der Waals surface area contributed by atoms with E-state index in [0.29, 0.717) is 0 Å². The van der Waals surface area contributed by atoms with Crippen molar-refractivity contribution in [1.82, 2.24) is 0 Å². The zero-order chi connectivity index (χ0) is 6.91. The van der Waals surface area contributed by atoms with Crippen LogP contribution in [0.3, 0.4) is 0 Å². The Morgan fingerprint density at radius 2 is 1.40 bits per heavy atom. The Labute approximate surface area is 75.5 Å². The van der Waals surface area contributed by atoms with E-state index >= 15 is 0 Å². The molecular formula is C6H4F3Zr-. The Kier molecular flexibility index (Phi) is 3.43. The second kappa shape index (κ2) is 3.42. The van der Waals surface area contributed by atoms with Crippen molar-refractivity contribution in [2.24, 2.45) is 0 Å². The Bertz CT molecular complexity index is 175. The predicted octanol–water partition coefficient (Wildman–Crippen LogP) is 2.42. The fourth-order valence-corrected chi connectivity index (χ4v) is 0.563. The van der Waals surface area contributed by atoms with Crippen LogP contribution in [0.5, 0.6) is 0 Å². The topological polar surface area (TPSA) is 0 Å². The van der Waals surface area contributed by atoms with Gasteiger partial charge < -0.3 is 0 Å². The molecule has 0 radical (unpaired) electrons.